The van der Waals surface area contributed by atoms with Crippen molar-refractivity contribution in [1.29, 1.82) is 0 Å². The molecule has 2 aromatic rings. The number of benzene rings is 2. The lowest BCUT2D eigenvalue weighted by molar-refractivity contribution is -0.142. The highest BCUT2D eigenvalue weighted by atomic mass is 16.5. The Morgan fingerprint density at radius 2 is 1.72 bits per heavy atom. The van der Waals surface area contributed by atoms with E-state index in [2.05, 4.69) is 5.32 Å². The Labute approximate surface area is 148 Å². The van der Waals surface area contributed by atoms with Crippen LogP contribution in [0.5, 0.6) is 5.75 Å². The van der Waals surface area contributed by atoms with Gasteiger partial charge in [-0.25, -0.2) is 0 Å². The van der Waals surface area contributed by atoms with Crippen molar-refractivity contribution < 1.29 is 14.3 Å². The van der Waals surface area contributed by atoms with E-state index in [0.29, 0.717) is 12.3 Å². The van der Waals surface area contributed by atoms with Crippen molar-refractivity contribution >= 4 is 11.8 Å². The van der Waals surface area contributed by atoms with Crippen LogP contribution >= 0.6 is 0 Å². The Bertz CT molecular complexity index is 699. The standard InChI is InChI=1S/C20H24N2O3/c1-15-9-11-17(12-10-15)13-22(16(2)20(24)21-3)19(23)14-25-18-7-5-4-6-8-18/h4-12,16H,13-14H2,1-3H3,(H,21,24). The summed E-state index contributed by atoms with van der Waals surface area (Å²) in [6, 6.07) is 16.5. The van der Waals surface area contributed by atoms with Gasteiger partial charge in [0.05, 0.1) is 0 Å². The van der Waals surface area contributed by atoms with Gasteiger partial charge in [-0.2, -0.15) is 0 Å². The van der Waals surface area contributed by atoms with Gasteiger partial charge in [-0.05, 0) is 31.5 Å². The molecule has 5 nitrogen and oxygen atoms in total. The second-order valence-electron chi connectivity index (χ2n) is 5.90. The van der Waals surface area contributed by atoms with Gasteiger partial charge in [-0.15, -0.1) is 0 Å². The summed E-state index contributed by atoms with van der Waals surface area (Å²) >= 11 is 0. The van der Waals surface area contributed by atoms with Gasteiger partial charge in [0.15, 0.2) is 6.61 Å². The maximum atomic E-state index is 12.7. The predicted molar refractivity (Wildman–Crippen MR) is 97.2 cm³/mol. The van der Waals surface area contributed by atoms with Gasteiger partial charge in [0.1, 0.15) is 11.8 Å². The van der Waals surface area contributed by atoms with Crippen LogP contribution in [0.1, 0.15) is 18.1 Å². The monoisotopic (exact) mass is 340 g/mol. The summed E-state index contributed by atoms with van der Waals surface area (Å²) < 4.78 is 5.55. The minimum atomic E-state index is -0.585. The van der Waals surface area contributed by atoms with Crippen LogP contribution in [0.15, 0.2) is 54.6 Å². The van der Waals surface area contributed by atoms with Crippen molar-refractivity contribution in [2.24, 2.45) is 0 Å². The maximum absolute atomic E-state index is 12.7. The van der Waals surface area contributed by atoms with Crippen LogP contribution in [-0.4, -0.2) is 36.4 Å². The number of carbonyl (C=O) groups excluding carboxylic acids is 2. The molecule has 0 heterocycles. The number of carbonyl (C=O) groups is 2. The van der Waals surface area contributed by atoms with E-state index in [1.807, 2.05) is 49.4 Å². The number of nitrogens with zero attached hydrogens (tertiary/aromatic N) is 1. The van der Waals surface area contributed by atoms with Gasteiger partial charge in [-0.1, -0.05) is 48.0 Å². The van der Waals surface area contributed by atoms with Crippen molar-refractivity contribution in [3.63, 3.8) is 0 Å². The van der Waals surface area contributed by atoms with E-state index in [0.717, 1.165) is 11.1 Å². The maximum Gasteiger partial charge on any atom is 0.261 e. The molecular formula is C20H24N2O3. The normalized spacial score (nSPS) is 11.5. The van der Waals surface area contributed by atoms with Gasteiger partial charge in [0, 0.05) is 13.6 Å². The zero-order valence-electron chi connectivity index (χ0n) is 14.9. The fourth-order valence-corrected chi connectivity index (χ4v) is 2.43. The van der Waals surface area contributed by atoms with Gasteiger partial charge < -0.3 is 15.0 Å². The molecule has 25 heavy (non-hydrogen) atoms. The van der Waals surface area contributed by atoms with E-state index in [-0.39, 0.29) is 18.4 Å². The third-order valence-corrected chi connectivity index (χ3v) is 3.99. The van der Waals surface area contributed by atoms with Crippen LogP contribution in [0, 0.1) is 6.92 Å². The molecule has 2 amide bonds. The predicted octanol–water partition coefficient (Wildman–Crippen LogP) is 2.54. The Hall–Kier alpha value is -2.82. The van der Waals surface area contributed by atoms with Crippen molar-refractivity contribution in [2.75, 3.05) is 13.7 Å². The average molecular weight is 340 g/mol. The smallest absolute Gasteiger partial charge is 0.261 e. The average Bonchev–Trinajstić information content (AvgIpc) is 2.65. The number of hydrogen-bond acceptors (Lipinski definition) is 3. The molecule has 0 aliphatic rings. The molecule has 1 atom stereocenters. The Balaban J connectivity index is 2.10. The quantitative estimate of drug-likeness (QED) is 0.843. The summed E-state index contributed by atoms with van der Waals surface area (Å²) in [6.07, 6.45) is 0. The lowest BCUT2D eigenvalue weighted by atomic mass is 10.1. The zero-order chi connectivity index (χ0) is 18.2. The molecular weight excluding hydrogens is 316 g/mol. The van der Waals surface area contributed by atoms with E-state index in [4.69, 9.17) is 4.74 Å². The Morgan fingerprint density at radius 3 is 2.32 bits per heavy atom. The summed E-state index contributed by atoms with van der Waals surface area (Å²) in [4.78, 5) is 26.2. The first-order valence-corrected chi connectivity index (χ1v) is 8.25. The summed E-state index contributed by atoms with van der Waals surface area (Å²) in [6.45, 7) is 3.96. The molecule has 0 saturated heterocycles. The second-order valence-corrected chi connectivity index (χ2v) is 5.90. The fourth-order valence-electron chi connectivity index (χ4n) is 2.43. The highest BCUT2D eigenvalue weighted by Gasteiger charge is 2.25. The number of amides is 2. The van der Waals surface area contributed by atoms with E-state index < -0.39 is 6.04 Å². The van der Waals surface area contributed by atoms with Crippen LogP contribution < -0.4 is 10.1 Å². The second kappa shape index (κ2) is 8.87. The van der Waals surface area contributed by atoms with E-state index in [9.17, 15) is 9.59 Å². The van der Waals surface area contributed by atoms with E-state index in [1.165, 1.54) is 4.90 Å². The number of ether oxygens (including phenoxy) is 1. The molecule has 0 spiro atoms. The van der Waals surface area contributed by atoms with Gasteiger partial charge in [-0.3, -0.25) is 9.59 Å². The molecule has 2 aromatic carbocycles. The lowest BCUT2D eigenvalue weighted by Gasteiger charge is -2.28. The summed E-state index contributed by atoms with van der Waals surface area (Å²) in [5, 5.41) is 2.60. The van der Waals surface area contributed by atoms with E-state index in [1.54, 1.807) is 26.1 Å². The van der Waals surface area contributed by atoms with Crippen LogP contribution in [0.3, 0.4) is 0 Å². The molecule has 1 N–H and O–H groups in total. The first kappa shape index (κ1) is 18.5. The summed E-state index contributed by atoms with van der Waals surface area (Å²) in [5.74, 6) is 0.180. The summed E-state index contributed by atoms with van der Waals surface area (Å²) in [7, 11) is 1.56. The number of rotatable bonds is 7. The minimum Gasteiger partial charge on any atom is -0.484 e. The van der Waals surface area contributed by atoms with E-state index >= 15 is 0 Å². The Kier molecular flexibility index (Phi) is 6.57. The lowest BCUT2D eigenvalue weighted by Crippen LogP contribution is -2.48. The first-order valence-electron chi connectivity index (χ1n) is 8.25. The van der Waals surface area contributed by atoms with Crippen LogP contribution in [0.25, 0.3) is 0 Å². The molecule has 2 rings (SSSR count). The third-order valence-electron chi connectivity index (χ3n) is 3.99. The molecule has 1 unspecified atom stereocenters. The highest BCUT2D eigenvalue weighted by Crippen LogP contribution is 2.13. The van der Waals surface area contributed by atoms with Crippen molar-refractivity contribution in [1.82, 2.24) is 10.2 Å². The number of para-hydroxylation sites is 1. The molecule has 0 aliphatic carbocycles. The summed E-state index contributed by atoms with van der Waals surface area (Å²) in [5.41, 5.74) is 2.11. The number of nitrogens with one attached hydrogen (secondary N) is 1. The van der Waals surface area contributed by atoms with Crippen molar-refractivity contribution in [3.8, 4) is 5.75 Å². The molecule has 5 heteroatoms. The molecule has 132 valence electrons. The molecule has 0 aromatic heterocycles. The van der Waals surface area contributed by atoms with Gasteiger partial charge >= 0.3 is 0 Å². The zero-order valence-corrected chi connectivity index (χ0v) is 14.9. The van der Waals surface area contributed by atoms with Gasteiger partial charge in [0.25, 0.3) is 5.91 Å². The topological polar surface area (TPSA) is 58.6 Å². The van der Waals surface area contributed by atoms with Crippen molar-refractivity contribution in [2.45, 2.75) is 26.4 Å². The van der Waals surface area contributed by atoms with Crippen LogP contribution in [-0.2, 0) is 16.1 Å². The Morgan fingerprint density at radius 1 is 1.08 bits per heavy atom. The third kappa shape index (κ3) is 5.35. The van der Waals surface area contributed by atoms with Crippen molar-refractivity contribution in [3.05, 3.63) is 65.7 Å². The molecule has 0 saturated carbocycles. The van der Waals surface area contributed by atoms with Crippen LogP contribution in [0.2, 0.25) is 0 Å². The number of hydrogen-bond donors (Lipinski definition) is 1. The highest BCUT2D eigenvalue weighted by molar-refractivity contribution is 5.87. The number of aryl methyl sites for hydroxylation is 1. The SMILES string of the molecule is CNC(=O)C(C)N(Cc1ccc(C)cc1)C(=O)COc1ccccc1. The van der Waals surface area contributed by atoms with Gasteiger partial charge in [0.2, 0.25) is 5.91 Å². The largest absolute Gasteiger partial charge is 0.484 e. The molecule has 0 bridgehead atoms. The van der Waals surface area contributed by atoms with Crippen LogP contribution in [0.4, 0.5) is 0 Å². The fraction of sp³-hybridized carbons (Fsp3) is 0.300. The first-order chi connectivity index (χ1) is 12.0. The molecule has 0 aliphatic heterocycles. The minimum absolute atomic E-state index is 0.114. The molecule has 0 radical (unpaired) electrons. The molecule has 0 fully saturated rings. The number of likely N-dealkylation sites (N-methyl/N-ethyl adjacent to an activating group) is 1.